The highest BCUT2D eigenvalue weighted by Gasteiger charge is 2.11. The van der Waals surface area contributed by atoms with Crippen LogP contribution in [0.2, 0.25) is 0 Å². The number of benzene rings is 1. The van der Waals surface area contributed by atoms with Crippen molar-refractivity contribution in [3.8, 4) is 10.6 Å². The summed E-state index contributed by atoms with van der Waals surface area (Å²) in [6.07, 6.45) is 0. The molecule has 144 valence electrons. The molecule has 0 aliphatic heterocycles. The average Bonchev–Trinajstić information content (AvgIpc) is 3.10. The van der Waals surface area contributed by atoms with E-state index in [4.69, 9.17) is 0 Å². The lowest BCUT2D eigenvalue weighted by Crippen LogP contribution is -2.37. The van der Waals surface area contributed by atoms with Crippen LogP contribution in [0, 0.1) is 6.92 Å². The number of rotatable bonds is 6. The monoisotopic (exact) mass is 460 g/mol. The second-order valence-corrected chi connectivity index (χ2v) is 8.07. The topological polar surface area (TPSA) is 93.1 Å². The van der Waals surface area contributed by atoms with E-state index < -0.39 is 5.91 Å². The highest BCUT2D eigenvalue weighted by atomic mass is 79.9. The van der Waals surface area contributed by atoms with Crippen LogP contribution in [-0.4, -0.2) is 28.1 Å². The minimum absolute atomic E-state index is 0.210. The van der Waals surface area contributed by atoms with Crippen molar-refractivity contribution in [3.63, 3.8) is 0 Å². The molecule has 0 aliphatic rings. The molecule has 9 heteroatoms. The van der Waals surface area contributed by atoms with Gasteiger partial charge >= 0.3 is 0 Å². The van der Waals surface area contributed by atoms with Crippen molar-refractivity contribution in [2.45, 2.75) is 13.5 Å². The summed E-state index contributed by atoms with van der Waals surface area (Å²) in [6.45, 7) is 1.51. The first-order valence-corrected chi connectivity index (χ1v) is 9.99. The van der Waals surface area contributed by atoms with Crippen LogP contribution in [0.1, 0.15) is 4.88 Å². The number of carbonyl (C=O) groups excluding carboxylic acids is 2. The number of carbonyl (C=O) groups is 2. The molecule has 2 N–H and O–H groups in total. The predicted molar refractivity (Wildman–Crippen MR) is 112 cm³/mol. The molecule has 2 heterocycles. The molecular weight excluding hydrogens is 444 g/mol. The van der Waals surface area contributed by atoms with Crippen molar-refractivity contribution in [1.82, 2.24) is 15.1 Å². The van der Waals surface area contributed by atoms with Gasteiger partial charge in [-0.2, -0.15) is 5.10 Å². The second-order valence-electron chi connectivity index (χ2n) is 5.93. The van der Waals surface area contributed by atoms with Gasteiger partial charge < -0.3 is 10.6 Å². The van der Waals surface area contributed by atoms with E-state index in [0.29, 0.717) is 11.4 Å². The number of hydrogen-bond donors (Lipinski definition) is 2. The van der Waals surface area contributed by atoms with Crippen LogP contribution < -0.4 is 16.2 Å². The molecule has 1 aromatic carbocycles. The SMILES string of the molecule is Cc1ccc(-c2ccc(=O)n(CC(=O)NCC(=O)Nc3ccccc3Br)n2)s1. The van der Waals surface area contributed by atoms with E-state index in [9.17, 15) is 14.4 Å². The Balaban J connectivity index is 1.59. The van der Waals surface area contributed by atoms with Gasteiger partial charge in [0.2, 0.25) is 11.8 Å². The zero-order valence-electron chi connectivity index (χ0n) is 14.9. The van der Waals surface area contributed by atoms with Crippen molar-refractivity contribution < 1.29 is 9.59 Å². The van der Waals surface area contributed by atoms with E-state index in [1.54, 1.807) is 35.6 Å². The highest BCUT2D eigenvalue weighted by Crippen LogP contribution is 2.25. The smallest absolute Gasteiger partial charge is 0.267 e. The van der Waals surface area contributed by atoms with E-state index in [2.05, 4.69) is 31.7 Å². The van der Waals surface area contributed by atoms with Crippen LogP contribution in [0.15, 0.2) is 57.8 Å². The van der Waals surface area contributed by atoms with E-state index in [0.717, 1.165) is 18.9 Å². The molecule has 0 atom stereocenters. The number of para-hydroxylation sites is 1. The molecule has 0 aliphatic carbocycles. The summed E-state index contributed by atoms with van der Waals surface area (Å²) in [7, 11) is 0. The lowest BCUT2D eigenvalue weighted by Gasteiger charge is -2.09. The quantitative estimate of drug-likeness (QED) is 0.591. The number of anilines is 1. The number of amides is 2. The predicted octanol–water partition coefficient (Wildman–Crippen LogP) is 2.80. The van der Waals surface area contributed by atoms with Crippen LogP contribution in [0.4, 0.5) is 5.69 Å². The molecule has 7 nitrogen and oxygen atoms in total. The Morgan fingerprint density at radius 1 is 1.11 bits per heavy atom. The normalized spacial score (nSPS) is 10.5. The van der Waals surface area contributed by atoms with Crippen molar-refractivity contribution in [2.75, 3.05) is 11.9 Å². The number of nitrogens with one attached hydrogen (secondary N) is 2. The standard InChI is InChI=1S/C19H17BrN4O3S/c1-12-6-8-16(28-12)15-7-9-19(27)24(23-15)11-18(26)21-10-17(25)22-14-5-3-2-4-13(14)20/h2-9H,10-11H2,1H3,(H,21,26)(H,22,25). The minimum Gasteiger partial charge on any atom is -0.345 e. The molecule has 0 saturated carbocycles. The Morgan fingerprint density at radius 2 is 1.89 bits per heavy atom. The Bertz CT molecular complexity index is 1080. The van der Waals surface area contributed by atoms with Gasteiger partial charge in [0, 0.05) is 15.4 Å². The fourth-order valence-corrected chi connectivity index (χ4v) is 3.61. The zero-order chi connectivity index (χ0) is 20.1. The van der Waals surface area contributed by atoms with Crippen LogP contribution in [0.5, 0.6) is 0 Å². The number of halogens is 1. The molecule has 3 aromatic rings. The summed E-state index contributed by atoms with van der Waals surface area (Å²) in [5, 5.41) is 9.44. The van der Waals surface area contributed by atoms with Gasteiger partial charge in [0.15, 0.2) is 0 Å². The second kappa shape index (κ2) is 8.94. The summed E-state index contributed by atoms with van der Waals surface area (Å²) in [5.41, 5.74) is 0.848. The first-order chi connectivity index (χ1) is 13.4. The van der Waals surface area contributed by atoms with Gasteiger partial charge in [-0.3, -0.25) is 14.4 Å². The Hall–Kier alpha value is -2.78. The van der Waals surface area contributed by atoms with Crippen LogP contribution in [0.3, 0.4) is 0 Å². The van der Waals surface area contributed by atoms with Crippen molar-refractivity contribution in [2.24, 2.45) is 0 Å². The van der Waals surface area contributed by atoms with Crippen molar-refractivity contribution >= 4 is 44.8 Å². The van der Waals surface area contributed by atoms with Crippen LogP contribution >= 0.6 is 27.3 Å². The van der Waals surface area contributed by atoms with E-state index >= 15 is 0 Å². The van der Waals surface area contributed by atoms with Gasteiger partial charge in [-0.1, -0.05) is 12.1 Å². The molecule has 2 amide bonds. The molecule has 0 saturated heterocycles. The molecular formula is C19H17BrN4O3S. The van der Waals surface area contributed by atoms with Crippen molar-refractivity contribution in [1.29, 1.82) is 0 Å². The van der Waals surface area contributed by atoms with E-state index in [1.165, 1.54) is 6.07 Å². The number of thiophene rings is 1. The number of aromatic nitrogens is 2. The van der Waals surface area contributed by atoms with E-state index in [1.807, 2.05) is 25.1 Å². The fourth-order valence-electron chi connectivity index (χ4n) is 2.39. The number of nitrogens with zero attached hydrogens (tertiary/aromatic N) is 2. The van der Waals surface area contributed by atoms with Gasteiger partial charge in [0.05, 0.1) is 17.1 Å². The first-order valence-electron chi connectivity index (χ1n) is 8.38. The molecule has 2 aromatic heterocycles. The summed E-state index contributed by atoms with van der Waals surface area (Å²) in [4.78, 5) is 38.2. The Labute approximate surface area is 173 Å². The third kappa shape index (κ3) is 5.14. The number of aryl methyl sites for hydroxylation is 1. The highest BCUT2D eigenvalue weighted by molar-refractivity contribution is 9.10. The molecule has 3 rings (SSSR count). The fraction of sp³-hybridized carbons (Fsp3) is 0.158. The molecule has 0 spiro atoms. The van der Waals surface area contributed by atoms with Gasteiger partial charge in [-0.05, 0) is 53.2 Å². The maximum Gasteiger partial charge on any atom is 0.267 e. The van der Waals surface area contributed by atoms with Crippen LogP contribution in [0.25, 0.3) is 10.6 Å². The molecule has 0 radical (unpaired) electrons. The largest absolute Gasteiger partial charge is 0.345 e. The first kappa shape index (κ1) is 20.0. The molecule has 28 heavy (non-hydrogen) atoms. The third-order valence-corrected chi connectivity index (χ3v) is 5.46. The summed E-state index contributed by atoms with van der Waals surface area (Å²) in [5.74, 6) is -0.847. The lowest BCUT2D eigenvalue weighted by molar-refractivity contribution is -0.124. The Morgan fingerprint density at radius 3 is 2.61 bits per heavy atom. The van der Waals surface area contributed by atoms with Gasteiger partial charge in [0.25, 0.3) is 5.56 Å². The molecule has 0 unspecified atom stereocenters. The maximum atomic E-state index is 12.1. The molecule has 0 fully saturated rings. The lowest BCUT2D eigenvalue weighted by atomic mass is 10.3. The number of hydrogen-bond acceptors (Lipinski definition) is 5. The van der Waals surface area contributed by atoms with Gasteiger partial charge in [-0.25, -0.2) is 4.68 Å². The van der Waals surface area contributed by atoms with Crippen LogP contribution in [-0.2, 0) is 16.1 Å². The average molecular weight is 461 g/mol. The van der Waals surface area contributed by atoms with Gasteiger partial charge in [-0.15, -0.1) is 11.3 Å². The maximum absolute atomic E-state index is 12.1. The molecule has 0 bridgehead atoms. The summed E-state index contributed by atoms with van der Waals surface area (Å²) < 4.78 is 1.83. The summed E-state index contributed by atoms with van der Waals surface area (Å²) in [6, 6.07) is 14.1. The zero-order valence-corrected chi connectivity index (χ0v) is 17.3. The van der Waals surface area contributed by atoms with Crippen molar-refractivity contribution in [3.05, 3.63) is 68.2 Å². The van der Waals surface area contributed by atoms with E-state index in [-0.39, 0.29) is 24.6 Å². The third-order valence-electron chi connectivity index (χ3n) is 3.75. The minimum atomic E-state index is -0.476. The summed E-state index contributed by atoms with van der Waals surface area (Å²) >= 11 is 4.89. The Kier molecular flexibility index (Phi) is 6.37. The van der Waals surface area contributed by atoms with Gasteiger partial charge in [0.1, 0.15) is 12.2 Å².